The number of rotatable bonds is 4. The molecule has 1 saturated heterocycles. The maximum absolute atomic E-state index is 11.8. The fraction of sp³-hybridized carbons (Fsp3) is 0.600. The third-order valence-electron chi connectivity index (χ3n) is 3.92. The van der Waals surface area contributed by atoms with Crippen molar-refractivity contribution in [1.29, 1.82) is 0 Å². The van der Waals surface area contributed by atoms with Crippen molar-refractivity contribution >= 4 is 11.7 Å². The molecule has 1 N–H and O–H groups in total. The van der Waals surface area contributed by atoms with E-state index in [1.807, 2.05) is 12.1 Å². The molecular weight excluding hydrogens is 266 g/mol. The minimum absolute atomic E-state index is 0.0253. The van der Waals surface area contributed by atoms with Crippen LogP contribution in [-0.4, -0.2) is 86.0 Å². The number of piperazine rings is 1. The van der Waals surface area contributed by atoms with E-state index in [0.717, 1.165) is 32.0 Å². The van der Waals surface area contributed by atoms with Crippen LogP contribution in [0.25, 0.3) is 0 Å². The van der Waals surface area contributed by atoms with Crippen LogP contribution in [0.3, 0.4) is 0 Å². The molecule has 1 aliphatic heterocycles. The Morgan fingerprint density at radius 1 is 1.38 bits per heavy atom. The van der Waals surface area contributed by atoms with Crippen molar-refractivity contribution < 1.29 is 4.79 Å². The largest absolute Gasteiger partial charge is 0.368 e. The van der Waals surface area contributed by atoms with Gasteiger partial charge >= 0.3 is 0 Å². The molecule has 2 heterocycles. The minimum atomic E-state index is -0.0253. The molecule has 1 aromatic rings. The normalized spacial score (nSPS) is 20.3. The average Bonchev–Trinajstić information content (AvgIpc) is 2.48. The summed E-state index contributed by atoms with van der Waals surface area (Å²) in [7, 11) is 7.79. The van der Waals surface area contributed by atoms with Gasteiger partial charge in [-0.05, 0) is 26.2 Å². The molecule has 0 aromatic carbocycles. The van der Waals surface area contributed by atoms with Crippen molar-refractivity contribution in [3.8, 4) is 0 Å². The number of carbonyl (C=O) groups is 1. The molecule has 0 saturated carbocycles. The number of aromatic nitrogens is 1. The molecule has 1 aliphatic rings. The Hall–Kier alpha value is -1.66. The number of likely N-dealkylation sites (N-methyl/N-ethyl adjacent to an activating group) is 2. The topological polar surface area (TPSA) is 51.7 Å². The molecule has 2 rings (SSSR count). The fourth-order valence-corrected chi connectivity index (χ4v) is 2.43. The van der Waals surface area contributed by atoms with E-state index >= 15 is 0 Å². The van der Waals surface area contributed by atoms with E-state index in [0.29, 0.717) is 11.6 Å². The lowest BCUT2D eigenvalue weighted by Crippen LogP contribution is -2.52. The molecule has 1 atom stereocenters. The number of nitrogens with one attached hydrogen (secondary N) is 1. The molecule has 0 aliphatic carbocycles. The maximum Gasteiger partial charge on any atom is 0.254 e. The Labute approximate surface area is 126 Å². The van der Waals surface area contributed by atoms with Crippen LogP contribution in [0.4, 0.5) is 5.82 Å². The number of carbonyl (C=O) groups excluding carboxylic acids is 1. The molecule has 1 fully saturated rings. The van der Waals surface area contributed by atoms with Crippen LogP contribution in [0, 0.1) is 0 Å². The van der Waals surface area contributed by atoms with E-state index in [4.69, 9.17) is 0 Å². The Morgan fingerprint density at radius 3 is 2.76 bits per heavy atom. The van der Waals surface area contributed by atoms with Crippen LogP contribution in [0.2, 0.25) is 0 Å². The van der Waals surface area contributed by atoms with E-state index in [9.17, 15) is 4.79 Å². The van der Waals surface area contributed by atoms with Gasteiger partial charge < -0.3 is 15.1 Å². The van der Waals surface area contributed by atoms with Gasteiger partial charge in [-0.2, -0.15) is 0 Å². The molecule has 116 valence electrons. The third-order valence-corrected chi connectivity index (χ3v) is 3.92. The van der Waals surface area contributed by atoms with E-state index in [1.54, 1.807) is 25.2 Å². The Kier molecular flexibility index (Phi) is 5.14. The highest BCUT2D eigenvalue weighted by molar-refractivity contribution is 5.93. The summed E-state index contributed by atoms with van der Waals surface area (Å²) in [5.74, 6) is 0.787. The molecule has 0 bridgehead atoms. The fourth-order valence-electron chi connectivity index (χ4n) is 2.43. The van der Waals surface area contributed by atoms with Crippen LogP contribution in [0.15, 0.2) is 18.3 Å². The summed E-state index contributed by atoms with van der Waals surface area (Å²) < 4.78 is 0. The highest BCUT2D eigenvalue weighted by atomic mass is 16.2. The maximum atomic E-state index is 11.8. The quantitative estimate of drug-likeness (QED) is 0.872. The molecule has 1 amide bonds. The second-order valence-corrected chi connectivity index (χ2v) is 5.91. The number of nitrogens with zero attached hydrogens (tertiary/aromatic N) is 4. The number of anilines is 1. The Bertz CT molecular complexity index is 473. The number of hydrogen-bond acceptors (Lipinski definition) is 5. The highest BCUT2D eigenvalue weighted by Crippen LogP contribution is 2.10. The lowest BCUT2D eigenvalue weighted by Gasteiger charge is -2.37. The van der Waals surface area contributed by atoms with E-state index in [-0.39, 0.29) is 5.91 Å². The summed E-state index contributed by atoms with van der Waals surface area (Å²) >= 11 is 0. The molecular formula is C15H25N5O. The lowest BCUT2D eigenvalue weighted by atomic mass is 10.2. The van der Waals surface area contributed by atoms with Gasteiger partial charge in [-0.25, -0.2) is 4.98 Å². The van der Waals surface area contributed by atoms with Gasteiger partial charge in [0.2, 0.25) is 0 Å². The number of amides is 1. The first-order chi connectivity index (χ1) is 9.97. The molecule has 0 spiro atoms. The van der Waals surface area contributed by atoms with Crippen molar-refractivity contribution in [2.45, 2.75) is 6.04 Å². The molecule has 6 heteroatoms. The number of pyridine rings is 1. The van der Waals surface area contributed by atoms with Gasteiger partial charge in [0.25, 0.3) is 5.91 Å². The first-order valence-corrected chi connectivity index (χ1v) is 7.27. The highest BCUT2D eigenvalue weighted by Gasteiger charge is 2.21. The van der Waals surface area contributed by atoms with Gasteiger partial charge in [-0.1, -0.05) is 0 Å². The van der Waals surface area contributed by atoms with Crippen molar-refractivity contribution in [3.05, 3.63) is 23.9 Å². The summed E-state index contributed by atoms with van der Waals surface area (Å²) in [5.41, 5.74) is 0.611. The smallest absolute Gasteiger partial charge is 0.254 e. The zero-order chi connectivity index (χ0) is 15.4. The minimum Gasteiger partial charge on any atom is -0.368 e. The van der Waals surface area contributed by atoms with Crippen LogP contribution in [0.1, 0.15) is 10.4 Å². The van der Waals surface area contributed by atoms with Crippen LogP contribution < -0.4 is 5.32 Å². The molecule has 21 heavy (non-hydrogen) atoms. The van der Waals surface area contributed by atoms with E-state index < -0.39 is 0 Å². The Morgan fingerprint density at radius 2 is 2.14 bits per heavy atom. The summed E-state index contributed by atoms with van der Waals surface area (Å²) in [6, 6.07) is 4.16. The van der Waals surface area contributed by atoms with Gasteiger partial charge in [-0.3, -0.25) is 9.69 Å². The van der Waals surface area contributed by atoms with Crippen LogP contribution in [0.5, 0.6) is 0 Å². The third kappa shape index (κ3) is 4.15. The second kappa shape index (κ2) is 6.87. The second-order valence-electron chi connectivity index (χ2n) is 5.91. The van der Waals surface area contributed by atoms with E-state index in [2.05, 4.69) is 34.2 Å². The van der Waals surface area contributed by atoms with Gasteiger partial charge in [0.15, 0.2) is 0 Å². The zero-order valence-corrected chi connectivity index (χ0v) is 13.3. The van der Waals surface area contributed by atoms with Crippen molar-refractivity contribution in [3.63, 3.8) is 0 Å². The molecule has 1 aromatic heterocycles. The molecule has 6 nitrogen and oxygen atoms in total. The SMILES string of the molecule is CN1CCN(C)C(CNc2ccc(C(=O)N(C)C)cn2)C1. The first-order valence-electron chi connectivity index (χ1n) is 7.27. The van der Waals surface area contributed by atoms with Gasteiger partial charge in [-0.15, -0.1) is 0 Å². The van der Waals surface area contributed by atoms with Crippen molar-refractivity contribution in [2.24, 2.45) is 0 Å². The Balaban J connectivity index is 1.90. The van der Waals surface area contributed by atoms with Crippen molar-refractivity contribution in [2.75, 3.05) is 59.7 Å². The number of hydrogen-bond donors (Lipinski definition) is 1. The average molecular weight is 291 g/mol. The summed E-state index contributed by atoms with van der Waals surface area (Å²) in [5, 5.41) is 3.36. The summed E-state index contributed by atoms with van der Waals surface area (Å²) in [6.07, 6.45) is 1.63. The van der Waals surface area contributed by atoms with Crippen LogP contribution in [-0.2, 0) is 0 Å². The summed E-state index contributed by atoms with van der Waals surface area (Å²) in [6.45, 7) is 4.12. The monoisotopic (exact) mass is 291 g/mol. The summed E-state index contributed by atoms with van der Waals surface area (Å²) in [4.78, 5) is 22.4. The zero-order valence-electron chi connectivity index (χ0n) is 13.3. The van der Waals surface area contributed by atoms with Gasteiger partial charge in [0.1, 0.15) is 5.82 Å². The van der Waals surface area contributed by atoms with Crippen molar-refractivity contribution in [1.82, 2.24) is 19.7 Å². The van der Waals surface area contributed by atoms with Gasteiger partial charge in [0.05, 0.1) is 5.56 Å². The lowest BCUT2D eigenvalue weighted by molar-refractivity contribution is 0.0827. The molecule has 1 unspecified atom stereocenters. The first kappa shape index (κ1) is 15.7. The molecule has 0 radical (unpaired) electrons. The van der Waals surface area contributed by atoms with Gasteiger partial charge in [0, 0.05) is 52.5 Å². The predicted octanol–water partition coefficient (Wildman–Crippen LogP) is 0.441. The van der Waals surface area contributed by atoms with E-state index in [1.165, 1.54) is 0 Å². The van der Waals surface area contributed by atoms with Crippen LogP contribution >= 0.6 is 0 Å². The standard InChI is InChI=1S/C15H25N5O/c1-18(2)15(21)12-5-6-14(16-9-12)17-10-13-11-19(3)7-8-20(13)4/h5-6,9,13H,7-8,10-11H2,1-4H3,(H,16,17). The predicted molar refractivity (Wildman–Crippen MR) is 84.7 cm³/mol.